The Labute approximate surface area is 127 Å². The van der Waals surface area contributed by atoms with Crippen molar-refractivity contribution in [3.8, 4) is 0 Å². The van der Waals surface area contributed by atoms with Crippen molar-refractivity contribution in [3.63, 3.8) is 0 Å². The highest BCUT2D eigenvalue weighted by Crippen LogP contribution is 2.23. The van der Waals surface area contributed by atoms with Gasteiger partial charge in [-0.05, 0) is 54.0 Å². The summed E-state index contributed by atoms with van der Waals surface area (Å²) < 4.78 is 2.47. The first-order valence-corrected chi connectivity index (χ1v) is 7.26. The third-order valence-corrected chi connectivity index (χ3v) is 3.68. The smallest absolute Gasteiger partial charge is 0.212 e. The highest BCUT2D eigenvalue weighted by atomic mass is 79.9. The lowest BCUT2D eigenvalue weighted by Crippen LogP contribution is -2.14. The van der Waals surface area contributed by atoms with Gasteiger partial charge in [-0.3, -0.25) is 9.48 Å². The minimum atomic E-state index is -0.0200. The van der Waals surface area contributed by atoms with Gasteiger partial charge in [-0.15, -0.1) is 0 Å². The molecule has 1 heterocycles. The van der Waals surface area contributed by atoms with E-state index in [0.29, 0.717) is 11.3 Å². The molecule has 2 aromatic rings. The van der Waals surface area contributed by atoms with Crippen LogP contribution < -0.4 is 4.90 Å². The second-order valence-electron chi connectivity index (χ2n) is 5.15. The van der Waals surface area contributed by atoms with E-state index in [1.54, 1.807) is 10.9 Å². The molecule has 0 N–H and O–H groups in total. The average molecular weight is 336 g/mol. The topological polar surface area (TPSA) is 38.1 Å². The number of carbonyl (C=O) groups excluding carboxylic acids is 1. The molecule has 5 heteroatoms. The molecular weight excluding hydrogens is 318 g/mol. The predicted octanol–water partition coefficient (Wildman–Crippen LogP) is 3.52. The van der Waals surface area contributed by atoms with E-state index in [1.165, 1.54) is 0 Å². The summed E-state index contributed by atoms with van der Waals surface area (Å²) in [7, 11) is 3.95. The molecule has 1 aromatic carbocycles. The Kier molecular flexibility index (Phi) is 4.28. The van der Waals surface area contributed by atoms with Crippen LogP contribution in [0.25, 0.3) is 0 Å². The fourth-order valence-electron chi connectivity index (χ4n) is 1.99. The summed E-state index contributed by atoms with van der Waals surface area (Å²) in [5.41, 5.74) is 2.33. The number of rotatable bonds is 4. The van der Waals surface area contributed by atoms with E-state index in [-0.39, 0.29) is 11.8 Å². The van der Waals surface area contributed by atoms with Gasteiger partial charge in [0.05, 0.1) is 10.7 Å². The minimum Gasteiger partial charge on any atom is -0.378 e. The molecule has 0 aliphatic rings. The van der Waals surface area contributed by atoms with Crippen LogP contribution in [0.5, 0.6) is 0 Å². The molecule has 0 aliphatic carbocycles. The number of benzene rings is 1. The van der Waals surface area contributed by atoms with E-state index in [4.69, 9.17) is 0 Å². The maximum Gasteiger partial charge on any atom is 0.212 e. The van der Waals surface area contributed by atoms with Crippen LogP contribution in [0.2, 0.25) is 0 Å². The van der Waals surface area contributed by atoms with Gasteiger partial charge in [-0.2, -0.15) is 5.10 Å². The predicted molar refractivity (Wildman–Crippen MR) is 84.5 cm³/mol. The van der Waals surface area contributed by atoms with E-state index in [2.05, 4.69) is 21.0 Å². The zero-order chi connectivity index (χ0) is 14.9. The van der Waals surface area contributed by atoms with Crippen LogP contribution in [-0.2, 0) is 0 Å². The second-order valence-corrected chi connectivity index (χ2v) is 6.00. The van der Waals surface area contributed by atoms with Crippen LogP contribution in [0.4, 0.5) is 5.69 Å². The van der Waals surface area contributed by atoms with Gasteiger partial charge >= 0.3 is 0 Å². The molecule has 0 saturated heterocycles. The van der Waals surface area contributed by atoms with Gasteiger partial charge in [0.1, 0.15) is 5.69 Å². The van der Waals surface area contributed by atoms with Crippen molar-refractivity contribution < 1.29 is 4.79 Å². The molecular formula is C15H18BrN3O. The first-order valence-electron chi connectivity index (χ1n) is 6.47. The quantitative estimate of drug-likeness (QED) is 0.802. The number of hydrogen-bond donors (Lipinski definition) is 0. The van der Waals surface area contributed by atoms with Crippen LogP contribution in [-0.4, -0.2) is 29.7 Å². The maximum atomic E-state index is 12.6. The molecule has 2 rings (SSSR count). The Morgan fingerprint density at radius 2 is 1.85 bits per heavy atom. The van der Waals surface area contributed by atoms with Crippen LogP contribution in [0.3, 0.4) is 0 Å². The zero-order valence-electron chi connectivity index (χ0n) is 12.1. The van der Waals surface area contributed by atoms with Crippen molar-refractivity contribution >= 4 is 27.4 Å². The minimum absolute atomic E-state index is 0.0200. The standard InChI is InChI=1S/C15H18BrN3O/c1-10(2)19-14(13(16)9-17-19)15(20)11-5-7-12(8-6-11)18(3)4/h5-10H,1-4H3. The van der Waals surface area contributed by atoms with Crippen LogP contribution in [0.1, 0.15) is 35.9 Å². The Balaban J connectivity index is 2.39. The monoisotopic (exact) mass is 335 g/mol. The molecule has 1 aromatic heterocycles. The van der Waals surface area contributed by atoms with Crippen LogP contribution >= 0.6 is 15.9 Å². The summed E-state index contributed by atoms with van der Waals surface area (Å²) in [6.07, 6.45) is 1.67. The molecule has 0 spiro atoms. The number of nitrogens with zero attached hydrogens (tertiary/aromatic N) is 3. The normalized spacial score (nSPS) is 10.9. The number of carbonyl (C=O) groups is 1. The Hall–Kier alpha value is -1.62. The lowest BCUT2D eigenvalue weighted by Gasteiger charge is -2.13. The first kappa shape index (κ1) is 14.8. The molecule has 4 nitrogen and oxygen atoms in total. The Morgan fingerprint density at radius 3 is 2.35 bits per heavy atom. The molecule has 0 unspecified atom stereocenters. The summed E-state index contributed by atoms with van der Waals surface area (Å²) in [6, 6.07) is 7.72. The van der Waals surface area contributed by atoms with Gasteiger partial charge in [0.15, 0.2) is 0 Å². The Morgan fingerprint density at radius 1 is 1.25 bits per heavy atom. The second kappa shape index (κ2) is 5.79. The lowest BCUT2D eigenvalue weighted by molar-refractivity contribution is 0.102. The average Bonchev–Trinajstić information content (AvgIpc) is 2.80. The van der Waals surface area contributed by atoms with E-state index >= 15 is 0 Å². The van der Waals surface area contributed by atoms with Crippen molar-refractivity contribution in [2.45, 2.75) is 19.9 Å². The van der Waals surface area contributed by atoms with E-state index < -0.39 is 0 Å². The van der Waals surface area contributed by atoms with Crippen LogP contribution in [0, 0.1) is 0 Å². The first-order chi connectivity index (χ1) is 9.41. The van der Waals surface area contributed by atoms with E-state index in [0.717, 1.165) is 10.2 Å². The summed E-state index contributed by atoms with van der Waals surface area (Å²) in [4.78, 5) is 14.6. The van der Waals surface area contributed by atoms with Crippen molar-refractivity contribution in [1.82, 2.24) is 9.78 Å². The largest absolute Gasteiger partial charge is 0.378 e. The van der Waals surface area contributed by atoms with Gasteiger partial charge in [-0.25, -0.2) is 0 Å². The van der Waals surface area contributed by atoms with Gasteiger partial charge in [-0.1, -0.05) is 0 Å². The summed E-state index contributed by atoms with van der Waals surface area (Å²) in [5.74, 6) is -0.0200. The summed E-state index contributed by atoms with van der Waals surface area (Å²) in [5, 5.41) is 4.25. The van der Waals surface area contributed by atoms with Gasteiger partial charge in [0.25, 0.3) is 0 Å². The van der Waals surface area contributed by atoms with Gasteiger partial charge in [0, 0.05) is 31.4 Å². The number of hydrogen-bond acceptors (Lipinski definition) is 3. The van der Waals surface area contributed by atoms with Crippen LogP contribution in [0.15, 0.2) is 34.9 Å². The third-order valence-electron chi connectivity index (χ3n) is 3.10. The molecule has 0 amide bonds. The summed E-state index contributed by atoms with van der Waals surface area (Å²) >= 11 is 3.41. The molecule has 20 heavy (non-hydrogen) atoms. The summed E-state index contributed by atoms with van der Waals surface area (Å²) in [6.45, 7) is 4.01. The van der Waals surface area contributed by atoms with Crippen molar-refractivity contribution in [2.24, 2.45) is 0 Å². The highest BCUT2D eigenvalue weighted by Gasteiger charge is 2.20. The number of anilines is 1. The molecule has 0 bridgehead atoms. The number of ketones is 1. The van der Waals surface area contributed by atoms with Gasteiger partial charge in [0.2, 0.25) is 5.78 Å². The SMILES string of the molecule is CC(C)n1ncc(Br)c1C(=O)c1ccc(N(C)C)cc1. The Bertz CT molecular complexity index is 615. The van der Waals surface area contributed by atoms with Crippen molar-refractivity contribution in [2.75, 3.05) is 19.0 Å². The third kappa shape index (κ3) is 2.77. The molecule has 0 aliphatic heterocycles. The number of halogens is 1. The highest BCUT2D eigenvalue weighted by molar-refractivity contribution is 9.10. The molecule has 0 atom stereocenters. The fraction of sp³-hybridized carbons (Fsp3) is 0.333. The molecule has 0 saturated carbocycles. The fourth-order valence-corrected chi connectivity index (χ4v) is 2.45. The van der Waals surface area contributed by atoms with E-state index in [1.807, 2.05) is 57.1 Å². The molecule has 0 fully saturated rings. The number of aromatic nitrogens is 2. The maximum absolute atomic E-state index is 12.6. The van der Waals surface area contributed by atoms with Crippen molar-refractivity contribution in [1.29, 1.82) is 0 Å². The van der Waals surface area contributed by atoms with E-state index in [9.17, 15) is 4.79 Å². The van der Waals surface area contributed by atoms with Crippen molar-refractivity contribution in [3.05, 3.63) is 46.2 Å². The zero-order valence-corrected chi connectivity index (χ0v) is 13.7. The lowest BCUT2D eigenvalue weighted by atomic mass is 10.1. The molecule has 106 valence electrons. The molecule has 0 radical (unpaired) electrons. The van der Waals surface area contributed by atoms with Gasteiger partial charge < -0.3 is 4.90 Å².